The largest absolute Gasteiger partial charge is 0.497 e. The average molecular weight is 356 g/mol. The molecule has 0 fully saturated rings. The molecule has 1 aliphatic carbocycles. The quantitative estimate of drug-likeness (QED) is 0.585. The highest BCUT2D eigenvalue weighted by molar-refractivity contribution is 6.04. The van der Waals surface area contributed by atoms with Crippen LogP contribution in [0.25, 0.3) is 11.1 Å². The molecule has 2 heteroatoms. The van der Waals surface area contributed by atoms with Crippen molar-refractivity contribution in [1.29, 1.82) is 0 Å². The van der Waals surface area contributed by atoms with Gasteiger partial charge < -0.3 is 9.47 Å². The van der Waals surface area contributed by atoms with Gasteiger partial charge in [-0.3, -0.25) is 0 Å². The summed E-state index contributed by atoms with van der Waals surface area (Å²) in [5, 5.41) is 0. The Labute approximate surface area is 161 Å². The number of rotatable bonds is 4. The molecule has 0 saturated heterocycles. The van der Waals surface area contributed by atoms with Crippen LogP contribution < -0.4 is 9.47 Å². The second-order valence-electron chi connectivity index (χ2n) is 7.10. The number of hydrogen-bond donors (Lipinski definition) is 0. The smallest absolute Gasteiger partial charge is 0.118 e. The fraction of sp³-hybridized carbons (Fsp3) is 0.200. The third-order valence-electron chi connectivity index (χ3n) is 5.30. The summed E-state index contributed by atoms with van der Waals surface area (Å²) in [6, 6.07) is 21.4. The summed E-state index contributed by atoms with van der Waals surface area (Å²) in [5.41, 5.74) is 10.6. The van der Waals surface area contributed by atoms with Crippen molar-refractivity contribution in [2.75, 3.05) is 14.2 Å². The molecule has 0 atom stereocenters. The Bertz CT molecular complexity index is 1010. The molecule has 0 saturated carbocycles. The van der Waals surface area contributed by atoms with Crippen LogP contribution in [-0.4, -0.2) is 14.2 Å². The van der Waals surface area contributed by atoms with Crippen LogP contribution >= 0.6 is 0 Å². The van der Waals surface area contributed by atoms with Crippen LogP contribution in [0.15, 0.2) is 60.7 Å². The van der Waals surface area contributed by atoms with E-state index in [0.29, 0.717) is 0 Å². The van der Waals surface area contributed by atoms with Crippen LogP contribution in [0.4, 0.5) is 0 Å². The normalized spacial score (nSPS) is 12.9. The molecule has 0 heterocycles. The van der Waals surface area contributed by atoms with Crippen LogP contribution in [0.5, 0.6) is 11.5 Å². The van der Waals surface area contributed by atoms with Crippen LogP contribution in [-0.2, 0) is 6.42 Å². The van der Waals surface area contributed by atoms with Crippen molar-refractivity contribution in [1.82, 2.24) is 0 Å². The van der Waals surface area contributed by atoms with E-state index in [2.05, 4.69) is 50.2 Å². The van der Waals surface area contributed by atoms with Gasteiger partial charge in [-0.2, -0.15) is 0 Å². The van der Waals surface area contributed by atoms with Crippen molar-refractivity contribution in [2.24, 2.45) is 0 Å². The number of aryl methyl sites for hydroxylation is 2. The van der Waals surface area contributed by atoms with E-state index in [1.165, 1.54) is 44.5 Å². The standard InChI is InChI=1S/C25H24O2/c1-16-13-17(2)24-20(14-16)15-23(18-5-9-21(26-3)10-6-18)25(24)19-7-11-22(27-4)12-8-19/h5-14H,15H2,1-4H3. The summed E-state index contributed by atoms with van der Waals surface area (Å²) < 4.78 is 10.7. The van der Waals surface area contributed by atoms with Gasteiger partial charge in [0.05, 0.1) is 14.2 Å². The van der Waals surface area contributed by atoms with E-state index in [1.807, 2.05) is 24.3 Å². The lowest BCUT2D eigenvalue weighted by Gasteiger charge is -2.13. The molecule has 0 aromatic heterocycles. The lowest BCUT2D eigenvalue weighted by molar-refractivity contribution is 0.414. The van der Waals surface area contributed by atoms with E-state index in [9.17, 15) is 0 Å². The molecule has 4 rings (SSSR count). The second kappa shape index (κ2) is 6.96. The fourth-order valence-corrected chi connectivity index (χ4v) is 4.10. The fourth-order valence-electron chi connectivity index (χ4n) is 4.10. The van der Waals surface area contributed by atoms with Crippen LogP contribution in [0.3, 0.4) is 0 Å². The zero-order valence-corrected chi connectivity index (χ0v) is 16.3. The first-order valence-electron chi connectivity index (χ1n) is 9.23. The molecule has 0 bridgehead atoms. The van der Waals surface area contributed by atoms with Gasteiger partial charge in [-0.15, -0.1) is 0 Å². The van der Waals surface area contributed by atoms with E-state index >= 15 is 0 Å². The molecule has 3 aromatic rings. The van der Waals surface area contributed by atoms with E-state index < -0.39 is 0 Å². The second-order valence-corrected chi connectivity index (χ2v) is 7.10. The minimum absolute atomic E-state index is 0.879. The van der Waals surface area contributed by atoms with Crippen molar-refractivity contribution in [3.63, 3.8) is 0 Å². The number of fused-ring (bicyclic) bond motifs is 1. The summed E-state index contributed by atoms with van der Waals surface area (Å²) in [6.07, 6.45) is 0.950. The maximum Gasteiger partial charge on any atom is 0.118 e. The minimum atomic E-state index is 0.879. The molecule has 0 amide bonds. The lowest BCUT2D eigenvalue weighted by Crippen LogP contribution is -1.94. The number of allylic oxidation sites excluding steroid dienone is 1. The van der Waals surface area contributed by atoms with E-state index in [4.69, 9.17) is 9.47 Å². The SMILES string of the molecule is COc1ccc(C2=C(c3ccc(OC)cc3)c3c(C)cc(C)cc3C2)cc1. The Morgan fingerprint density at radius 1 is 0.704 bits per heavy atom. The topological polar surface area (TPSA) is 18.5 Å². The summed E-state index contributed by atoms with van der Waals surface area (Å²) in [4.78, 5) is 0. The van der Waals surface area contributed by atoms with Gasteiger partial charge in [0, 0.05) is 0 Å². The Kier molecular flexibility index (Phi) is 4.49. The van der Waals surface area contributed by atoms with Gasteiger partial charge in [-0.1, -0.05) is 42.0 Å². The van der Waals surface area contributed by atoms with Crippen molar-refractivity contribution in [3.8, 4) is 11.5 Å². The van der Waals surface area contributed by atoms with Crippen molar-refractivity contribution < 1.29 is 9.47 Å². The highest BCUT2D eigenvalue weighted by atomic mass is 16.5. The highest BCUT2D eigenvalue weighted by Crippen LogP contribution is 2.44. The van der Waals surface area contributed by atoms with E-state index in [-0.39, 0.29) is 0 Å². The van der Waals surface area contributed by atoms with Crippen molar-refractivity contribution in [2.45, 2.75) is 20.3 Å². The Morgan fingerprint density at radius 3 is 1.81 bits per heavy atom. The zero-order chi connectivity index (χ0) is 19.0. The van der Waals surface area contributed by atoms with Gasteiger partial charge >= 0.3 is 0 Å². The molecule has 27 heavy (non-hydrogen) atoms. The Morgan fingerprint density at radius 2 is 1.26 bits per heavy atom. The highest BCUT2D eigenvalue weighted by Gasteiger charge is 2.25. The van der Waals surface area contributed by atoms with Crippen LogP contribution in [0.1, 0.15) is 33.4 Å². The molecular weight excluding hydrogens is 332 g/mol. The van der Waals surface area contributed by atoms with Gasteiger partial charge in [0.2, 0.25) is 0 Å². The van der Waals surface area contributed by atoms with Gasteiger partial charge in [0.15, 0.2) is 0 Å². The number of ether oxygens (including phenoxy) is 2. The molecule has 0 radical (unpaired) electrons. The summed E-state index contributed by atoms with van der Waals surface area (Å²) in [5.74, 6) is 1.76. The molecule has 1 aliphatic rings. The first-order valence-corrected chi connectivity index (χ1v) is 9.23. The minimum Gasteiger partial charge on any atom is -0.497 e. The first kappa shape index (κ1) is 17.4. The van der Waals surface area contributed by atoms with Gasteiger partial charge in [-0.05, 0) is 83.5 Å². The third-order valence-corrected chi connectivity index (χ3v) is 5.30. The molecular formula is C25H24O2. The molecule has 0 aliphatic heterocycles. The van der Waals surface area contributed by atoms with Crippen molar-refractivity contribution >= 4 is 11.1 Å². The molecule has 3 aromatic carbocycles. The molecule has 0 N–H and O–H groups in total. The first-order chi connectivity index (χ1) is 13.1. The number of benzene rings is 3. The van der Waals surface area contributed by atoms with Gasteiger partial charge in [-0.25, -0.2) is 0 Å². The monoisotopic (exact) mass is 356 g/mol. The predicted octanol–water partition coefficient (Wildman–Crippen LogP) is 5.84. The van der Waals surface area contributed by atoms with Gasteiger partial charge in [0.25, 0.3) is 0 Å². The molecule has 2 nitrogen and oxygen atoms in total. The lowest BCUT2D eigenvalue weighted by atomic mass is 9.91. The number of methoxy groups -OCH3 is 2. The molecule has 0 spiro atoms. The number of hydrogen-bond acceptors (Lipinski definition) is 2. The van der Waals surface area contributed by atoms with Gasteiger partial charge in [0.1, 0.15) is 11.5 Å². The summed E-state index contributed by atoms with van der Waals surface area (Å²) in [7, 11) is 3.41. The van der Waals surface area contributed by atoms with E-state index in [0.717, 1.165) is 17.9 Å². The molecule has 0 unspecified atom stereocenters. The maximum absolute atomic E-state index is 5.35. The van der Waals surface area contributed by atoms with Crippen LogP contribution in [0.2, 0.25) is 0 Å². The molecule has 136 valence electrons. The Balaban J connectivity index is 1.92. The van der Waals surface area contributed by atoms with Crippen molar-refractivity contribution in [3.05, 3.63) is 94.0 Å². The summed E-state index contributed by atoms with van der Waals surface area (Å²) in [6.45, 7) is 4.39. The zero-order valence-electron chi connectivity index (χ0n) is 16.3. The average Bonchev–Trinajstić information content (AvgIpc) is 3.07. The maximum atomic E-state index is 5.35. The van der Waals surface area contributed by atoms with E-state index in [1.54, 1.807) is 14.2 Å². The predicted molar refractivity (Wildman–Crippen MR) is 112 cm³/mol. The third kappa shape index (κ3) is 3.12. The Hall–Kier alpha value is -3.00. The van der Waals surface area contributed by atoms with Crippen LogP contribution in [0, 0.1) is 13.8 Å². The summed E-state index contributed by atoms with van der Waals surface area (Å²) >= 11 is 0.